The molecule has 31 heavy (non-hydrogen) atoms. The lowest BCUT2D eigenvalue weighted by molar-refractivity contribution is -0.137. The van der Waals surface area contributed by atoms with Crippen molar-refractivity contribution in [3.63, 3.8) is 0 Å². The number of amides is 1. The maximum Gasteiger partial charge on any atom is 0.416 e. The number of hydrogen-bond donors (Lipinski definition) is 1. The number of carbonyl (C=O) groups excluding carboxylic acids is 1. The minimum atomic E-state index is -4.40. The number of piperidine rings is 1. The molecule has 4 rings (SSSR count). The van der Waals surface area contributed by atoms with E-state index in [2.05, 4.69) is 20.1 Å². The highest BCUT2D eigenvalue weighted by atomic mass is 32.1. The van der Waals surface area contributed by atoms with Crippen molar-refractivity contribution < 1.29 is 22.7 Å². The van der Waals surface area contributed by atoms with Gasteiger partial charge in [-0.2, -0.15) is 13.2 Å². The highest BCUT2D eigenvalue weighted by Crippen LogP contribution is 2.30. The Morgan fingerprint density at radius 3 is 2.65 bits per heavy atom. The van der Waals surface area contributed by atoms with Gasteiger partial charge in [-0.1, -0.05) is 12.1 Å². The second kappa shape index (κ2) is 9.54. The predicted octanol–water partition coefficient (Wildman–Crippen LogP) is 3.39. The summed E-state index contributed by atoms with van der Waals surface area (Å²) in [6, 6.07) is 5.52. The van der Waals surface area contributed by atoms with Crippen molar-refractivity contribution in [2.45, 2.75) is 31.6 Å². The predicted molar refractivity (Wildman–Crippen MR) is 112 cm³/mol. The van der Waals surface area contributed by atoms with E-state index in [0.717, 1.165) is 69.5 Å². The van der Waals surface area contributed by atoms with E-state index in [1.165, 1.54) is 17.4 Å². The molecule has 2 fully saturated rings. The summed E-state index contributed by atoms with van der Waals surface area (Å²) in [5, 5.41) is 5.17. The molecule has 2 aliphatic rings. The fourth-order valence-electron chi connectivity index (χ4n) is 4.01. The van der Waals surface area contributed by atoms with E-state index in [-0.39, 0.29) is 12.5 Å². The number of rotatable bonds is 5. The summed E-state index contributed by atoms with van der Waals surface area (Å²) < 4.78 is 43.9. The van der Waals surface area contributed by atoms with Gasteiger partial charge < -0.3 is 15.0 Å². The van der Waals surface area contributed by atoms with Crippen molar-refractivity contribution in [2.75, 3.05) is 44.3 Å². The lowest BCUT2D eigenvalue weighted by Gasteiger charge is -2.40. The fourth-order valence-corrected chi connectivity index (χ4v) is 4.87. The molecule has 1 aromatic carbocycles. The highest BCUT2D eigenvalue weighted by molar-refractivity contribution is 7.13. The van der Waals surface area contributed by atoms with Crippen molar-refractivity contribution in [2.24, 2.45) is 0 Å². The molecule has 10 heteroatoms. The van der Waals surface area contributed by atoms with E-state index < -0.39 is 11.7 Å². The van der Waals surface area contributed by atoms with Crippen molar-refractivity contribution in [1.82, 2.24) is 15.2 Å². The lowest BCUT2D eigenvalue weighted by Crippen LogP contribution is -2.49. The van der Waals surface area contributed by atoms with Crippen LogP contribution in [0, 0.1) is 0 Å². The minimum Gasteiger partial charge on any atom is -0.379 e. The molecule has 1 aromatic heterocycles. The van der Waals surface area contributed by atoms with Crippen LogP contribution >= 0.6 is 11.3 Å². The molecule has 3 heterocycles. The molecule has 0 spiro atoms. The van der Waals surface area contributed by atoms with Gasteiger partial charge in [-0.3, -0.25) is 9.69 Å². The van der Waals surface area contributed by atoms with Gasteiger partial charge >= 0.3 is 6.18 Å². The molecule has 0 aliphatic carbocycles. The van der Waals surface area contributed by atoms with Crippen LogP contribution in [-0.4, -0.2) is 61.2 Å². The molecular weight excluding hydrogens is 429 g/mol. The van der Waals surface area contributed by atoms with Crippen LogP contribution in [0.4, 0.5) is 18.3 Å². The summed E-state index contributed by atoms with van der Waals surface area (Å²) in [5.74, 6) is -0.386. The number of halogens is 3. The number of carbonyl (C=O) groups is 1. The number of nitrogens with one attached hydrogen (secondary N) is 1. The Labute approximate surface area is 183 Å². The van der Waals surface area contributed by atoms with Gasteiger partial charge in [0.15, 0.2) is 5.13 Å². The van der Waals surface area contributed by atoms with E-state index in [1.807, 2.05) is 0 Å². The van der Waals surface area contributed by atoms with E-state index in [9.17, 15) is 18.0 Å². The second-order valence-corrected chi connectivity index (χ2v) is 8.60. The molecule has 2 aromatic rings. The van der Waals surface area contributed by atoms with E-state index in [0.29, 0.717) is 17.3 Å². The molecule has 0 radical (unpaired) electrons. The first-order valence-corrected chi connectivity index (χ1v) is 11.2. The van der Waals surface area contributed by atoms with Crippen molar-refractivity contribution >= 4 is 22.4 Å². The van der Waals surface area contributed by atoms with Crippen LogP contribution in [0.3, 0.4) is 0 Å². The molecule has 2 saturated heterocycles. The third-order valence-corrected chi connectivity index (χ3v) is 6.63. The number of alkyl halides is 3. The zero-order chi connectivity index (χ0) is 21.8. The number of benzene rings is 1. The van der Waals surface area contributed by atoms with Crippen LogP contribution in [0.5, 0.6) is 0 Å². The molecule has 168 valence electrons. The van der Waals surface area contributed by atoms with Gasteiger partial charge in [0.25, 0.3) is 5.91 Å². The average Bonchev–Trinajstić information content (AvgIpc) is 3.28. The summed E-state index contributed by atoms with van der Waals surface area (Å²) in [7, 11) is 0. The quantitative estimate of drug-likeness (QED) is 0.751. The van der Waals surface area contributed by atoms with Gasteiger partial charge in [-0.05, 0) is 30.5 Å². The maximum atomic E-state index is 12.8. The first kappa shape index (κ1) is 22.0. The summed E-state index contributed by atoms with van der Waals surface area (Å²) in [6.45, 7) is 5.36. The zero-order valence-corrected chi connectivity index (χ0v) is 17.8. The molecule has 1 N–H and O–H groups in total. The number of aromatic nitrogens is 1. The summed E-state index contributed by atoms with van der Waals surface area (Å²) in [6.07, 6.45) is -2.30. The minimum absolute atomic E-state index is 0.0144. The fraction of sp³-hybridized carbons (Fsp3) is 0.524. The van der Waals surface area contributed by atoms with Gasteiger partial charge in [0.1, 0.15) is 5.69 Å². The van der Waals surface area contributed by atoms with Gasteiger partial charge in [0, 0.05) is 44.1 Å². The standard InChI is InChI=1S/C21H25F3N4O2S/c22-21(23,24)16-3-1-2-15(12-16)13-25-19(29)18-14-31-20(26-18)28-6-4-17(5-7-28)27-8-10-30-11-9-27/h1-3,12,14,17H,4-11,13H2,(H,25,29). The molecule has 1 amide bonds. The Kier molecular flexibility index (Phi) is 6.78. The molecular formula is C21H25F3N4O2S. The average molecular weight is 455 g/mol. The number of morpholine rings is 1. The number of nitrogens with zero attached hydrogens (tertiary/aromatic N) is 3. The third-order valence-electron chi connectivity index (χ3n) is 5.73. The van der Waals surface area contributed by atoms with Crippen molar-refractivity contribution in [3.8, 4) is 0 Å². The largest absolute Gasteiger partial charge is 0.416 e. The van der Waals surface area contributed by atoms with Crippen LogP contribution < -0.4 is 10.2 Å². The monoisotopic (exact) mass is 454 g/mol. The van der Waals surface area contributed by atoms with Crippen LogP contribution in [0.25, 0.3) is 0 Å². The summed E-state index contributed by atoms with van der Waals surface area (Å²) in [5.41, 5.74) is -0.0400. The zero-order valence-electron chi connectivity index (χ0n) is 17.0. The van der Waals surface area contributed by atoms with E-state index in [1.54, 1.807) is 11.4 Å². The summed E-state index contributed by atoms with van der Waals surface area (Å²) in [4.78, 5) is 21.6. The lowest BCUT2D eigenvalue weighted by atomic mass is 10.0. The van der Waals surface area contributed by atoms with Crippen molar-refractivity contribution in [3.05, 3.63) is 46.5 Å². The molecule has 0 saturated carbocycles. The van der Waals surface area contributed by atoms with Crippen LogP contribution in [-0.2, 0) is 17.5 Å². The molecule has 6 nitrogen and oxygen atoms in total. The van der Waals surface area contributed by atoms with Crippen LogP contribution in [0.1, 0.15) is 34.5 Å². The Bertz CT molecular complexity index is 891. The molecule has 0 bridgehead atoms. The Hall–Kier alpha value is -2.17. The Balaban J connectivity index is 1.29. The molecule has 0 atom stereocenters. The third kappa shape index (κ3) is 5.55. The Morgan fingerprint density at radius 1 is 1.19 bits per heavy atom. The van der Waals surface area contributed by atoms with Crippen molar-refractivity contribution in [1.29, 1.82) is 0 Å². The highest BCUT2D eigenvalue weighted by Gasteiger charge is 2.30. The van der Waals surface area contributed by atoms with Crippen LogP contribution in [0.15, 0.2) is 29.6 Å². The number of hydrogen-bond acceptors (Lipinski definition) is 6. The van der Waals surface area contributed by atoms with Gasteiger partial charge in [0.2, 0.25) is 0 Å². The summed E-state index contributed by atoms with van der Waals surface area (Å²) >= 11 is 1.42. The first-order chi connectivity index (χ1) is 14.9. The molecule has 0 unspecified atom stereocenters. The second-order valence-electron chi connectivity index (χ2n) is 7.76. The maximum absolute atomic E-state index is 12.8. The number of anilines is 1. The van der Waals surface area contributed by atoms with Gasteiger partial charge in [0.05, 0.1) is 18.8 Å². The van der Waals surface area contributed by atoms with E-state index >= 15 is 0 Å². The Morgan fingerprint density at radius 2 is 1.94 bits per heavy atom. The smallest absolute Gasteiger partial charge is 0.379 e. The first-order valence-electron chi connectivity index (χ1n) is 10.4. The number of thiazole rings is 1. The number of ether oxygens (including phenoxy) is 1. The van der Waals surface area contributed by atoms with Gasteiger partial charge in [-0.25, -0.2) is 4.98 Å². The molecule has 2 aliphatic heterocycles. The van der Waals surface area contributed by atoms with Crippen LogP contribution in [0.2, 0.25) is 0 Å². The normalized spacial score (nSPS) is 18.9. The van der Waals surface area contributed by atoms with E-state index in [4.69, 9.17) is 4.74 Å². The topological polar surface area (TPSA) is 57.7 Å². The van der Waals surface area contributed by atoms with Gasteiger partial charge in [-0.15, -0.1) is 11.3 Å². The SMILES string of the molecule is O=C(NCc1cccc(C(F)(F)F)c1)c1csc(N2CCC(N3CCOCC3)CC2)n1.